The van der Waals surface area contributed by atoms with Crippen molar-refractivity contribution in [3.8, 4) is 0 Å². The molecule has 0 unspecified atom stereocenters. The van der Waals surface area contributed by atoms with Crippen molar-refractivity contribution in [2.24, 2.45) is 5.92 Å². The zero-order valence-corrected chi connectivity index (χ0v) is 19.3. The first kappa shape index (κ1) is 24.6. The van der Waals surface area contributed by atoms with Crippen molar-refractivity contribution in [2.75, 3.05) is 36.5 Å². The van der Waals surface area contributed by atoms with Gasteiger partial charge in [-0.1, -0.05) is 6.07 Å². The van der Waals surface area contributed by atoms with Crippen LogP contribution in [0.2, 0.25) is 0 Å². The molecule has 0 bridgehead atoms. The number of fused-ring (bicyclic) bond motifs is 1. The smallest absolute Gasteiger partial charge is 0.411 e. The van der Waals surface area contributed by atoms with E-state index >= 15 is 0 Å². The summed E-state index contributed by atoms with van der Waals surface area (Å²) in [6.45, 7) is 3.06. The van der Waals surface area contributed by atoms with E-state index in [2.05, 4.69) is 25.4 Å². The standard InChI is InChI=1S/C22H26F3N7O3/c1-13-5-6-16(26-10-13)27-19-18-17(14(2)30-32(18)8-9-35-12-22(23,24)25)28-21(29-19)31-7-3-4-15(11-31)20(33)34/h5-6,10,15H,3-4,7-9,11-12H2,1-2H3,(H,33,34)(H,26,27,28,29)/t15-/m1/s1. The summed E-state index contributed by atoms with van der Waals surface area (Å²) < 4.78 is 43.6. The summed E-state index contributed by atoms with van der Waals surface area (Å²) in [5.74, 6) is -0.139. The Bertz CT molecular complexity index is 1200. The second kappa shape index (κ2) is 10.0. The maximum absolute atomic E-state index is 12.4. The van der Waals surface area contributed by atoms with E-state index in [0.717, 1.165) is 5.56 Å². The van der Waals surface area contributed by atoms with Gasteiger partial charge in [0, 0.05) is 19.3 Å². The Kier molecular flexibility index (Phi) is 7.05. The van der Waals surface area contributed by atoms with Crippen LogP contribution in [0.4, 0.5) is 30.8 Å². The van der Waals surface area contributed by atoms with Crippen LogP contribution < -0.4 is 10.2 Å². The number of nitrogens with one attached hydrogen (secondary N) is 1. The molecule has 1 atom stereocenters. The number of aromatic nitrogens is 5. The second-order valence-electron chi connectivity index (χ2n) is 8.51. The molecule has 1 aliphatic heterocycles. The number of halogens is 3. The normalized spacial score (nSPS) is 16.6. The van der Waals surface area contributed by atoms with Gasteiger partial charge in [-0.25, -0.2) is 9.97 Å². The number of rotatable bonds is 8. The van der Waals surface area contributed by atoms with Crippen LogP contribution in [0.5, 0.6) is 0 Å². The molecule has 0 amide bonds. The molecule has 35 heavy (non-hydrogen) atoms. The SMILES string of the molecule is Cc1ccc(Nc2nc(N3CCC[C@@H](C(=O)O)C3)nc3c(C)nn(CCOCC(F)(F)F)c23)nc1. The number of anilines is 3. The highest BCUT2D eigenvalue weighted by Gasteiger charge is 2.29. The largest absolute Gasteiger partial charge is 0.481 e. The van der Waals surface area contributed by atoms with Gasteiger partial charge >= 0.3 is 12.1 Å². The molecule has 1 aliphatic rings. The number of hydrogen-bond acceptors (Lipinski definition) is 8. The van der Waals surface area contributed by atoms with Crippen molar-refractivity contribution in [3.05, 3.63) is 29.6 Å². The van der Waals surface area contributed by atoms with Crippen molar-refractivity contribution in [1.82, 2.24) is 24.7 Å². The Balaban J connectivity index is 1.70. The lowest BCUT2D eigenvalue weighted by atomic mass is 9.99. The van der Waals surface area contributed by atoms with E-state index in [4.69, 9.17) is 4.74 Å². The maximum atomic E-state index is 12.4. The zero-order valence-electron chi connectivity index (χ0n) is 19.3. The van der Waals surface area contributed by atoms with Crippen LogP contribution in [0.25, 0.3) is 11.0 Å². The molecule has 3 aromatic rings. The van der Waals surface area contributed by atoms with E-state index in [-0.39, 0.29) is 19.7 Å². The predicted octanol–water partition coefficient (Wildman–Crippen LogP) is 3.46. The van der Waals surface area contributed by atoms with Crippen LogP contribution >= 0.6 is 0 Å². The lowest BCUT2D eigenvalue weighted by Gasteiger charge is -2.31. The van der Waals surface area contributed by atoms with Crippen LogP contribution in [0.15, 0.2) is 18.3 Å². The maximum Gasteiger partial charge on any atom is 0.411 e. The van der Waals surface area contributed by atoms with Gasteiger partial charge in [0.25, 0.3) is 0 Å². The molecule has 0 aliphatic carbocycles. The summed E-state index contributed by atoms with van der Waals surface area (Å²) in [7, 11) is 0. The van der Waals surface area contributed by atoms with Crippen LogP contribution in [0, 0.1) is 19.8 Å². The molecule has 13 heteroatoms. The molecule has 10 nitrogen and oxygen atoms in total. The Morgan fingerprint density at radius 3 is 2.77 bits per heavy atom. The van der Waals surface area contributed by atoms with Crippen LogP contribution in [0.3, 0.4) is 0 Å². The molecule has 0 saturated carbocycles. The van der Waals surface area contributed by atoms with Gasteiger partial charge in [-0.15, -0.1) is 0 Å². The monoisotopic (exact) mass is 493 g/mol. The number of pyridine rings is 1. The molecule has 2 N–H and O–H groups in total. The first-order valence-corrected chi connectivity index (χ1v) is 11.2. The lowest BCUT2D eigenvalue weighted by molar-refractivity contribution is -0.174. The van der Waals surface area contributed by atoms with Gasteiger partial charge in [-0.3, -0.25) is 9.48 Å². The van der Waals surface area contributed by atoms with Gasteiger partial charge in [0.15, 0.2) is 5.82 Å². The number of nitrogens with zero attached hydrogens (tertiary/aromatic N) is 6. The van der Waals surface area contributed by atoms with Gasteiger partial charge in [-0.05, 0) is 38.3 Å². The molecule has 0 radical (unpaired) electrons. The minimum absolute atomic E-state index is 0.0595. The summed E-state index contributed by atoms with van der Waals surface area (Å²) in [5, 5.41) is 17.1. The average Bonchev–Trinajstić information content (AvgIpc) is 3.13. The summed E-state index contributed by atoms with van der Waals surface area (Å²) in [5.41, 5.74) is 2.54. The average molecular weight is 493 g/mol. The molecule has 188 valence electrons. The summed E-state index contributed by atoms with van der Waals surface area (Å²) in [4.78, 5) is 27.0. The molecule has 0 spiro atoms. The van der Waals surface area contributed by atoms with E-state index in [9.17, 15) is 23.1 Å². The van der Waals surface area contributed by atoms with Crippen molar-refractivity contribution in [2.45, 2.75) is 39.4 Å². The van der Waals surface area contributed by atoms with E-state index < -0.39 is 24.7 Å². The first-order valence-electron chi connectivity index (χ1n) is 11.2. The number of ether oxygens (including phenoxy) is 1. The number of piperidine rings is 1. The number of aliphatic carboxylic acids is 1. The fraction of sp³-hybridized carbons (Fsp3) is 0.500. The molecule has 3 aromatic heterocycles. The molecular weight excluding hydrogens is 467 g/mol. The Morgan fingerprint density at radius 1 is 1.29 bits per heavy atom. The van der Waals surface area contributed by atoms with Gasteiger partial charge in [-0.2, -0.15) is 23.3 Å². The van der Waals surface area contributed by atoms with Crippen LogP contribution in [-0.2, 0) is 16.1 Å². The molecular formula is C22H26F3N7O3. The number of carbonyl (C=O) groups is 1. The van der Waals surface area contributed by atoms with E-state index in [0.29, 0.717) is 53.7 Å². The fourth-order valence-corrected chi connectivity index (χ4v) is 3.97. The lowest BCUT2D eigenvalue weighted by Crippen LogP contribution is -2.39. The van der Waals surface area contributed by atoms with E-state index in [1.807, 2.05) is 17.9 Å². The van der Waals surface area contributed by atoms with E-state index in [1.165, 1.54) is 4.68 Å². The highest BCUT2D eigenvalue weighted by molar-refractivity contribution is 5.90. The van der Waals surface area contributed by atoms with Crippen LogP contribution in [0.1, 0.15) is 24.1 Å². The molecule has 4 heterocycles. The van der Waals surface area contributed by atoms with Crippen molar-refractivity contribution >= 4 is 34.6 Å². The fourth-order valence-electron chi connectivity index (χ4n) is 3.97. The summed E-state index contributed by atoms with van der Waals surface area (Å²) >= 11 is 0. The topological polar surface area (TPSA) is 118 Å². The van der Waals surface area contributed by atoms with Gasteiger partial charge in [0.1, 0.15) is 23.5 Å². The number of hydrogen-bond donors (Lipinski definition) is 2. The zero-order chi connectivity index (χ0) is 25.2. The Morgan fingerprint density at radius 2 is 2.09 bits per heavy atom. The Labute approximate surface area is 199 Å². The first-order chi connectivity index (χ1) is 16.6. The van der Waals surface area contributed by atoms with Gasteiger partial charge in [0.2, 0.25) is 5.95 Å². The number of carboxylic acid groups (broad SMARTS) is 1. The Hall–Kier alpha value is -3.48. The van der Waals surface area contributed by atoms with E-state index in [1.54, 1.807) is 19.2 Å². The number of aryl methyl sites for hydroxylation is 2. The third-order valence-electron chi connectivity index (χ3n) is 5.67. The summed E-state index contributed by atoms with van der Waals surface area (Å²) in [6, 6.07) is 3.66. The van der Waals surface area contributed by atoms with Crippen LogP contribution in [-0.4, -0.2) is 68.3 Å². The second-order valence-corrected chi connectivity index (χ2v) is 8.51. The van der Waals surface area contributed by atoms with Gasteiger partial charge < -0.3 is 20.1 Å². The third kappa shape index (κ3) is 5.96. The minimum Gasteiger partial charge on any atom is -0.481 e. The molecule has 4 rings (SSSR count). The van der Waals surface area contributed by atoms with Crippen molar-refractivity contribution < 1.29 is 27.8 Å². The third-order valence-corrected chi connectivity index (χ3v) is 5.67. The van der Waals surface area contributed by atoms with Crippen molar-refractivity contribution in [3.63, 3.8) is 0 Å². The van der Waals surface area contributed by atoms with Gasteiger partial charge in [0.05, 0.1) is 24.8 Å². The number of alkyl halides is 3. The minimum atomic E-state index is -4.41. The number of carboxylic acids is 1. The quantitative estimate of drug-likeness (QED) is 0.455. The molecule has 0 aromatic carbocycles. The molecule has 1 fully saturated rings. The highest BCUT2D eigenvalue weighted by atomic mass is 19.4. The highest BCUT2D eigenvalue weighted by Crippen LogP contribution is 2.30. The predicted molar refractivity (Wildman–Crippen MR) is 122 cm³/mol. The van der Waals surface area contributed by atoms with Crippen molar-refractivity contribution in [1.29, 1.82) is 0 Å². The summed E-state index contributed by atoms with van der Waals surface area (Å²) in [6.07, 6.45) is -1.44. The molecule has 1 saturated heterocycles.